The maximum Gasteiger partial charge on any atom is 0.181 e. The van der Waals surface area contributed by atoms with E-state index in [-0.39, 0.29) is 5.92 Å². The Labute approximate surface area is 113 Å². The van der Waals surface area contributed by atoms with Gasteiger partial charge in [-0.3, -0.25) is 4.98 Å². The second-order valence-corrected chi connectivity index (χ2v) is 4.93. The lowest BCUT2D eigenvalue weighted by atomic mass is 10.1. The van der Waals surface area contributed by atoms with E-state index in [1.807, 2.05) is 13.8 Å². The number of rotatable bonds is 2. The minimum atomic E-state index is 0.250. The second-order valence-electron chi connectivity index (χ2n) is 3.78. The van der Waals surface area contributed by atoms with E-state index in [1.165, 1.54) is 0 Å². The number of hydrogen-bond donors (Lipinski definition) is 0. The fourth-order valence-electron chi connectivity index (χ4n) is 1.35. The molecule has 0 aliphatic heterocycles. The number of nitrogens with zero attached hydrogens (tertiary/aromatic N) is 4. The molecule has 2 rings (SSSR count). The van der Waals surface area contributed by atoms with E-state index in [9.17, 15) is 0 Å². The number of aromatic nitrogens is 4. The van der Waals surface area contributed by atoms with Gasteiger partial charge in [-0.05, 0) is 21.8 Å². The molecule has 0 saturated carbocycles. The average Bonchev–Trinajstić information content (AvgIpc) is 2.33. The van der Waals surface area contributed by atoms with E-state index < -0.39 is 0 Å². The fraction of sp³-hybridized carbons (Fsp3) is 0.273. The standard InChI is InChI=1S/C11H10BrClN4/c1-6(2)9-8(12)10(13)17-11(16-9)7-5-14-3-4-15-7/h3-6H,1-2H3. The van der Waals surface area contributed by atoms with Crippen LogP contribution in [0.5, 0.6) is 0 Å². The molecule has 0 fully saturated rings. The first-order valence-corrected chi connectivity index (χ1v) is 6.26. The second kappa shape index (κ2) is 5.06. The number of hydrogen-bond acceptors (Lipinski definition) is 4. The van der Waals surface area contributed by atoms with Gasteiger partial charge < -0.3 is 0 Å². The van der Waals surface area contributed by atoms with Crippen molar-refractivity contribution in [2.24, 2.45) is 0 Å². The van der Waals surface area contributed by atoms with Gasteiger partial charge in [0.25, 0.3) is 0 Å². The average molecular weight is 314 g/mol. The van der Waals surface area contributed by atoms with Crippen molar-refractivity contribution in [2.45, 2.75) is 19.8 Å². The topological polar surface area (TPSA) is 51.6 Å². The van der Waals surface area contributed by atoms with Crippen molar-refractivity contribution < 1.29 is 0 Å². The molecule has 2 heterocycles. The molecule has 2 aromatic rings. The van der Waals surface area contributed by atoms with Crippen LogP contribution < -0.4 is 0 Å². The summed E-state index contributed by atoms with van der Waals surface area (Å²) in [6.07, 6.45) is 4.82. The van der Waals surface area contributed by atoms with Crippen LogP contribution >= 0.6 is 27.5 Å². The van der Waals surface area contributed by atoms with Gasteiger partial charge in [-0.1, -0.05) is 25.4 Å². The van der Waals surface area contributed by atoms with Gasteiger partial charge >= 0.3 is 0 Å². The molecule has 0 atom stereocenters. The van der Waals surface area contributed by atoms with Crippen molar-refractivity contribution in [1.82, 2.24) is 19.9 Å². The molecule has 0 N–H and O–H groups in total. The van der Waals surface area contributed by atoms with Crippen molar-refractivity contribution in [1.29, 1.82) is 0 Å². The molecule has 0 aliphatic rings. The smallest absolute Gasteiger partial charge is 0.181 e. The van der Waals surface area contributed by atoms with Crippen molar-refractivity contribution in [3.63, 3.8) is 0 Å². The predicted molar refractivity (Wildman–Crippen MR) is 69.9 cm³/mol. The van der Waals surface area contributed by atoms with Gasteiger partial charge in [0, 0.05) is 12.4 Å². The quantitative estimate of drug-likeness (QED) is 0.797. The summed E-state index contributed by atoms with van der Waals surface area (Å²) >= 11 is 9.46. The predicted octanol–water partition coefficient (Wildman–Crippen LogP) is 3.47. The summed E-state index contributed by atoms with van der Waals surface area (Å²) in [6, 6.07) is 0. The van der Waals surface area contributed by atoms with E-state index in [1.54, 1.807) is 18.6 Å². The van der Waals surface area contributed by atoms with Crippen LogP contribution in [0.4, 0.5) is 0 Å². The highest BCUT2D eigenvalue weighted by Gasteiger charge is 2.15. The molecule has 6 heteroatoms. The molecule has 0 radical (unpaired) electrons. The van der Waals surface area contributed by atoms with Crippen LogP contribution in [0.2, 0.25) is 5.15 Å². The maximum absolute atomic E-state index is 6.07. The molecule has 4 nitrogen and oxygen atoms in total. The summed E-state index contributed by atoms with van der Waals surface area (Å²) in [5, 5.41) is 0.393. The highest BCUT2D eigenvalue weighted by atomic mass is 79.9. The van der Waals surface area contributed by atoms with E-state index >= 15 is 0 Å². The summed E-state index contributed by atoms with van der Waals surface area (Å²) in [5.41, 5.74) is 1.48. The molecule has 0 bridgehead atoms. The Morgan fingerprint density at radius 1 is 1.24 bits per heavy atom. The Hall–Kier alpha value is -1.07. The van der Waals surface area contributed by atoms with Crippen LogP contribution in [-0.4, -0.2) is 19.9 Å². The van der Waals surface area contributed by atoms with Crippen LogP contribution in [0.3, 0.4) is 0 Å². The summed E-state index contributed by atoms with van der Waals surface area (Å²) in [4.78, 5) is 16.8. The van der Waals surface area contributed by atoms with Crippen LogP contribution in [0, 0.1) is 0 Å². The summed E-state index contributed by atoms with van der Waals surface area (Å²) in [7, 11) is 0. The largest absolute Gasteiger partial charge is 0.261 e. The lowest BCUT2D eigenvalue weighted by Crippen LogP contribution is -2.01. The lowest BCUT2D eigenvalue weighted by molar-refractivity contribution is 0.808. The molecule has 0 saturated heterocycles. The zero-order valence-corrected chi connectivity index (χ0v) is 11.7. The Morgan fingerprint density at radius 3 is 2.59 bits per heavy atom. The van der Waals surface area contributed by atoms with Crippen molar-refractivity contribution >= 4 is 27.5 Å². The van der Waals surface area contributed by atoms with Gasteiger partial charge in [0.2, 0.25) is 0 Å². The normalized spacial score (nSPS) is 10.9. The molecule has 0 aliphatic carbocycles. The first-order chi connectivity index (χ1) is 8.09. The SMILES string of the molecule is CC(C)c1nc(-c2cnccn2)nc(Cl)c1Br. The molecule has 0 spiro atoms. The molecule has 2 aromatic heterocycles. The van der Waals surface area contributed by atoms with Crippen molar-refractivity contribution in [3.8, 4) is 11.5 Å². The van der Waals surface area contributed by atoms with Crippen molar-refractivity contribution in [2.75, 3.05) is 0 Å². The third-order valence-corrected chi connectivity index (χ3v) is 3.46. The minimum absolute atomic E-state index is 0.250. The van der Waals surface area contributed by atoms with Crippen molar-refractivity contribution in [3.05, 3.63) is 33.9 Å². The van der Waals surface area contributed by atoms with Gasteiger partial charge in [0.1, 0.15) is 10.8 Å². The molecule has 0 amide bonds. The van der Waals surface area contributed by atoms with E-state index in [0.29, 0.717) is 16.7 Å². The van der Waals surface area contributed by atoms with Crippen LogP contribution in [0.15, 0.2) is 23.1 Å². The van der Waals surface area contributed by atoms with Crippen LogP contribution in [0.25, 0.3) is 11.5 Å². The summed E-state index contributed by atoms with van der Waals surface area (Å²) in [5.74, 6) is 0.746. The summed E-state index contributed by atoms with van der Waals surface area (Å²) < 4.78 is 0.738. The number of halogens is 2. The first-order valence-electron chi connectivity index (χ1n) is 5.09. The Bertz CT molecular complexity index is 530. The molecular weight excluding hydrogens is 304 g/mol. The fourth-order valence-corrected chi connectivity index (χ4v) is 2.16. The van der Waals surface area contributed by atoms with E-state index in [4.69, 9.17) is 11.6 Å². The van der Waals surface area contributed by atoms with E-state index in [0.717, 1.165) is 10.2 Å². The zero-order valence-electron chi connectivity index (χ0n) is 9.35. The molecule has 17 heavy (non-hydrogen) atoms. The highest BCUT2D eigenvalue weighted by molar-refractivity contribution is 9.10. The first kappa shape index (κ1) is 12.4. The zero-order chi connectivity index (χ0) is 12.4. The minimum Gasteiger partial charge on any atom is -0.261 e. The monoisotopic (exact) mass is 312 g/mol. The van der Waals surface area contributed by atoms with Gasteiger partial charge in [-0.25, -0.2) is 15.0 Å². The Morgan fingerprint density at radius 2 is 2.00 bits per heavy atom. The summed E-state index contributed by atoms with van der Waals surface area (Å²) in [6.45, 7) is 4.09. The van der Waals surface area contributed by atoms with Gasteiger partial charge in [-0.15, -0.1) is 0 Å². The molecule has 88 valence electrons. The lowest BCUT2D eigenvalue weighted by Gasteiger charge is -2.10. The van der Waals surface area contributed by atoms with Gasteiger partial charge in [0.05, 0.1) is 16.4 Å². The molecular formula is C11H10BrClN4. The van der Waals surface area contributed by atoms with Gasteiger partial charge in [0.15, 0.2) is 5.82 Å². The third kappa shape index (κ3) is 2.61. The molecule has 0 unspecified atom stereocenters. The van der Waals surface area contributed by atoms with Crippen LogP contribution in [0.1, 0.15) is 25.5 Å². The van der Waals surface area contributed by atoms with Gasteiger partial charge in [-0.2, -0.15) is 0 Å². The maximum atomic E-state index is 6.07. The third-order valence-electron chi connectivity index (χ3n) is 2.18. The Balaban J connectivity index is 2.57. The molecule has 0 aromatic carbocycles. The highest BCUT2D eigenvalue weighted by Crippen LogP contribution is 2.30. The van der Waals surface area contributed by atoms with Crippen LogP contribution in [-0.2, 0) is 0 Å². The van der Waals surface area contributed by atoms with E-state index in [2.05, 4.69) is 35.9 Å². The Kier molecular flexibility index (Phi) is 3.69.